The molecule has 2 aromatic carbocycles. The third-order valence-corrected chi connectivity index (χ3v) is 3.58. The number of anilines is 1. The molecule has 22 heavy (non-hydrogen) atoms. The Balaban J connectivity index is 2.74. The number of nitrogens with two attached hydrogens (primary N) is 1. The number of hydrogen-bond acceptors (Lipinski definition) is 4. The van der Waals surface area contributed by atoms with Crippen molar-refractivity contribution in [1.29, 1.82) is 10.5 Å². The maximum Gasteiger partial charge on any atom is 0.118 e. The zero-order chi connectivity index (χ0) is 16.1. The zero-order valence-corrected chi connectivity index (χ0v) is 12.7. The summed E-state index contributed by atoms with van der Waals surface area (Å²) in [5.41, 5.74) is 9.64. The van der Waals surface area contributed by atoms with Gasteiger partial charge in [0.25, 0.3) is 0 Å². The Kier molecular flexibility index (Phi) is 4.66. The number of nitrogen functional groups attached to an aromatic ring is 1. The van der Waals surface area contributed by atoms with Crippen molar-refractivity contribution >= 4 is 5.69 Å². The highest BCUT2D eigenvalue weighted by Gasteiger charge is 2.17. The second kappa shape index (κ2) is 6.65. The van der Waals surface area contributed by atoms with Crippen LogP contribution in [0.4, 0.5) is 5.69 Å². The Morgan fingerprint density at radius 1 is 1.14 bits per heavy atom. The second-order valence-electron chi connectivity index (χ2n) is 4.95. The van der Waals surface area contributed by atoms with E-state index in [-0.39, 0.29) is 5.69 Å². The van der Waals surface area contributed by atoms with Gasteiger partial charge in [-0.15, -0.1) is 0 Å². The standard InChI is InChI=1S/C18H17N3O/c1-3-4-13-9-14(10-19)18(21)16(11-20)17(13)12-5-7-15(22-2)8-6-12/h5-9H,3-4,21H2,1-2H3. The van der Waals surface area contributed by atoms with Gasteiger partial charge in [0, 0.05) is 5.56 Å². The van der Waals surface area contributed by atoms with Crippen LogP contribution in [0.3, 0.4) is 0 Å². The lowest BCUT2D eigenvalue weighted by molar-refractivity contribution is 0.415. The summed E-state index contributed by atoms with van der Waals surface area (Å²) in [6.45, 7) is 2.06. The van der Waals surface area contributed by atoms with Gasteiger partial charge in [0.1, 0.15) is 17.9 Å². The fourth-order valence-corrected chi connectivity index (χ4v) is 2.52. The van der Waals surface area contributed by atoms with Crippen LogP contribution in [0.1, 0.15) is 30.0 Å². The van der Waals surface area contributed by atoms with Crippen LogP contribution in [-0.2, 0) is 6.42 Å². The molecular weight excluding hydrogens is 274 g/mol. The van der Waals surface area contributed by atoms with Crippen LogP contribution >= 0.6 is 0 Å². The number of benzene rings is 2. The third-order valence-electron chi connectivity index (χ3n) is 3.58. The van der Waals surface area contributed by atoms with Crippen molar-refractivity contribution in [3.8, 4) is 29.0 Å². The lowest BCUT2D eigenvalue weighted by Crippen LogP contribution is -2.02. The van der Waals surface area contributed by atoms with E-state index in [1.165, 1.54) is 0 Å². The smallest absolute Gasteiger partial charge is 0.118 e. The minimum Gasteiger partial charge on any atom is -0.497 e. The topological polar surface area (TPSA) is 82.8 Å². The van der Waals surface area contributed by atoms with E-state index in [0.717, 1.165) is 35.3 Å². The van der Waals surface area contributed by atoms with Gasteiger partial charge in [-0.1, -0.05) is 25.5 Å². The molecule has 2 N–H and O–H groups in total. The molecule has 2 rings (SSSR count). The van der Waals surface area contributed by atoms with Crippen LogP contribution in [0.5, 0.6) is 5.75 Å². The maximum atomic E-state index is 9.51. The number of rotatable bonds is 4. The maximum absolute atomic E-state index is 9.51. The van der Waals surface area contributed by atoms with E-state index < -0.39 is 0 Å². The summed E-state index contributed by atoms with van der Waals surface area (Å²) in [6.07, 6.45) is 1.70. The zero-order valence-electron chi connectivity index (χ0n) is 12.7. The van der Waals surface area contributed by atoms with Crippen molar-refractivity contribution in [3.05, 3.63) is 47.0 Å². The molecule has 4 nitrogen and oxygen atoms in total. The van der Waals surface area contributed by atoms with Crippen LogP contribution < -0.4 is 10.5 Å². The van der Waals surface area contributed by atoms with E-state index >= 15 is 0 Å². The monoisotopic (exact) mass is 291 g/mol. The summed E-state index contributed by atoms with van der Waals surface area (Å²) >= 11 is 0. The minimum absolute atomic E-state index is 0.246. The molecule has 0 saturated carbocycles. The van der Waals surface area contributed by atoms with Crippen molar-refractivity contribution in [3.63, 3.8) is 0 Å². The first kappa shape index (κ1) is 15.4. The molecule has 110 valence electrons. The molecule has 0 amide bonds. The number of methoxy groups -OCH3 is 1. The Morgan fingerprint density at radius 2 is 1.82 bits per heavy atom. The molecule has 0 atom stereocenters. The number of aryl methyl sites for hydroxylation is 1. The molecule has 0 aliphatic rings. The molecule has 2 aromatic rings. The van der Waals surface area contributed by atoms with E-state index in [1.54, 1.807) is 13.2 Å². The van der Waals surface area contributed by atoms with Gasteiger partial charge in [-0.2, -0.15) is 10.5 Å². The number of nitriles is 2. The van der Waals surface area contributed by atoms with Crippen LogP contribution in [0.15, 0.2) is 30.3 Å². The third kappa shape index (κ3) is 2.73. The van der Waals surface area contributed by atoms with Crippen LogP contribution in [-0.4, -0.2) is 7.11 Å². The van der Waals surface area contributed by atoms with Crippen molar-refractivity contribution < 1.29 is 4.74 Å². The molecule has 0 radical (unpaired) electrons. The predicted octanol–water partition coefficient (Wildman–Crippen LogP) is 3.64. The van der Waals surface area contributed by atoms with Gasteiger partial charge in [0.2, 0.25) is 0 Å². The van der Waals surface area contributed by atoms with Crippen molar-refractivity contribution in [2.24, 2.45) is 0 Å². The van der Waals surface area contributed by atoms with Gasteiger partial charge in [-0.3, -0.25) is 0 Å². The van der Waals surface area contributed by atoms with Gasteiger partial charge in [-0.05, 0) is 35.7 Å². The summed E-state index contributed by atoms with van der Waals surface area (Å²) in [6, 6.07) is 13.5. The van der Waals surface area contributed by atoms with E-state index in [4.69, 9.17) is 10.5 Å². The lowest BCUT2D eigenvalue weighted by Gasteiger charge is -2.15. The van der Waals surface area contributed by atoms with Crippen molar-refractivity contribution in [2.45, 2.75) is 19.8 Å². The molecule has 0 unspecified atom stereocenters. The van der Waals surface area contributed by atoms with E-state index in [2.05, 4.69) is 19.1 Å². The Hall–Kier alpha value is -2.98. The first-order valence-electron chi connectivity index (χ1n) is 7.06. The average Bonchev–Trinajstić information content (AvgIpc) is 2.56. The molecular formula is C18H17N3O. The second-order valence-corrected chi connectivity index (χ2v) is 4.95. The fraction of sp³-hybridized carbons (Fsp3) is 0.222. The highest BCUT2D eigenvalue weighted by atomic mass is 16.5. The number of ether oxygens (including phenoxy) is 1. The van der Waals surface area contributed by atoms with Crippen molar-refractivity contribution in [1.82, 2.24) is 0 Å². The Morgan fingerprint density at radius 3 is 2.32 bits per heavy atom. The fourth-order valence-electron chi connectivity index (χ4n) is 2.52. The van der Waals surface area contributed by atoms with Gasteiger partial charge in [0.15, 0.2) is 0 Å². The normalized spacial score (nSPS) is 9.82. The molecule has 4 heteroatoms. The quantitative estimate of drug-likeness (QED) is 0.872. The number of nitrogens with zero attached hydrogens (tertiary/aromatic N) is 2. The van der Waals surface area contributed by atoms with E-state index in [0.29, 0.717) is 11.1 Å². The first-order valence-corrected chi connectivity index (χ1v) is 7.06. The molecule has 0 saturated heterocycles. The Labute approximate surface area is 130 Å². The Bertz CT molecular complexity index is 765. The van der Waals surface area contributed by atoms with Crippen LogP contribution in [0.25, 0.3) is 11.1 Å². The van der Waals surface area contributed by atoms with Gasteiger partial charge >= 0.3 is 0 Å². The first-order chi connectivity index (χ1) is 10.7. The molecule has 0 aliphatic heterocycles. The van der Waals surface area contributed by atoms with E-state index in [9.17, 15) is 10.5 Å². The molecule has 0 aliphatic carbocycles. The summed E-state index contributed by atoms with van der Waals surface area (Å²) in [4.78, 5) is 0. The summed E-state index contributed by atoms with van der Waals surface area (Å²) in [7, 11) is 1.61. The van der Waals surface area contributed by atoms with Gasteiger partial charge in [0.05, 0.1) is 23.9 Å². The minimum atomic E-state index is 0.246. The summed E-state index contributed by atoms with van der Waals surface area (Å²) in [5, 5.41) is 18.7. The van der Waals surface area contributed by atoms with Crippen molar-refractivity contribution in [2.75, 3.05) is 12.8 Å². The molecule has 0 spiro atoms. The highest BCUT2D eigenvalue weighted by Crippen LogP contribution is 2.35. The van der Waals surface area contributed by atoms with Gasteiger partial charge < -0.3 is 10.5 Å². The summed E-state index contributed by atoms with van der Waals surface area (Å²) < 4.78 is 5.17. The van der Waals surface area contributed by atoms with Crippen LogP contribution in [0, 0.1) is 22.7 Å². The molecule has 0 aromatic heterocycles. The van der Waals surface area contributed by atoms with Crippen LogP contribution in [0.2, 0.25) is 0 Å². The largest absolute Gasteiger partial charge is 0.497 e. The number of hydrogen-bond donors (Lipinski definition) is 1. The average molecular weight is 291 g/mol. The molecule has 0 heterocycles. The highest BCUT2D eigenvalue weighted by molar-refractivity contribution is 5.83. The lowest BCUT2D eigenvalue weighted by atomic mass is 9.89. The van der Waals surface area contributed by atoms with E-state index in [1.807, 2.05) is 24.3 Å². The SMILES string of the molecule is CCCc1cc(C#N)c(N)c(C#N)c1-c1ccc(OC)cc1. The molecule has 0 fully saturated rings. The predicted molar refractivity (Wildman–Crippen MR) is 86.3 cm³/mol. The molecule has 0 bridgehead atoms. The van der Waals surface area contributed by atoms with Gasteiger partial charge in [-0.25, -0.2) is 0 Å². The summed E-state index contributed by atoms with van der Waals surface area (Å²) in [5.74, 6) is 0.751.